The third kappa shape index (κ3) is 1.82. The zero-order chi connectivity index (χ0) is 10.0. The molecule has 0 unspecified atom stereocenters. The fourth-order valence-corrected chi connectivity index (χ4v) is 1.53. The molecule has 1 aliphatic heterocycles. The topological polar surface area (TPSA) is 44.5 Å². The van der Waals surface area contributed by atoms with E-state index in [9.17, 15) is 0 Å². The minimum Gasteiger partial charge on any atom is -0.457 e. The lowest BCUT2D eigenvalue weighted by Crippen LogP contribution is -2.28. The first-order chi connectivity index (χ1) is 6.68. The molecule has 2 N–H and O–H groups in total. The maximum atomic E-state index is 5.68. The molecule has 0 saturated heterocycles. The number of benzene rings is 1. The van der Waals surface area contributed by atoms with Crippen LogP contribution in [0.1, 0.15) is 12.5 Å². The van der Waals surface area contributed by atoms with Crippen molar-refractivity contribution in [3.8, 4) is 0 Å². The van der Waals surface area contributed by atoms with Gasteiger partial charge < -0.3 is 15.2 Å². The SMILES string of the molecule is CC1(Cc2cccc(N)c2)OC=CO1. The van der Waals surface area contributed by atoms with E-state index in [0.29, 0.717) is 6.42 Å². The van der Waals surface area contributed by atoms with Crippen molar-refractivity contribution in [1.82, 2.24) is 0 Å². The molecule has 1 aromatic rings. The summed E-state index contributed by atoms with van der Waals surface area (Å²) in [6.45, 7) is 1.90. The lowest BCUT2D eigenvalue weighted by Gasteiger charge is -2.22. The number of anilines is 1. The van der Waals surface area contributed by atoms with Gasteiger partial charge in [0.2, 0.25) is 0 Å². The van der Waals surface area contributed by atoms with Gasteiger partial charge in [-0.15, -0.1) is 0 Å². The van der Waals surface area contributed by atoms with Crippen LogP contribution in [0.25, 0.3) is 0 Å². The van der Waals surface area contributed by atoms with Gasteiger partial charge >= 0.3 is 0 Å². The maximum Gasteiger partial charge on any atom is 0.251 e. The smallest absolute Gasteiger partial charge is 0.251 e. The first kappa shape index (κ1) is 8.94. The van der Waals surface area contributed by atoms with Crippen molar-refractivity contribution in [2.24, 2.45) is 0 Å². The van der Waals surface area contributed by atoms with Crippen LogP contribution in [0.3, 0.4) is 0 Å². The Balaban J connectivity index is 2.10. The van der Waals surface area contributed by atoms with E-state index >= 15 is 0 Å². The highest BCUT2D eigenvalue weighted by Crippen LogP contribution is 2.24. The molecule has 3 nitrogen and oxygen atoms in total. The van der Waals surface area contributed by atoms with Crippen molar-refractivity contribution in [3.05, 3.63) is 42.4 Å². The van der Waals surface area contributed by atoms with E-state index in [-0.39, 0.29) is 0 Å². The van der Waals surface area contributed by atoms with Crippen LogP contribution in [0.5, 0.6) is 0 Å². The molecule has 0 saturated carbocycles. The van der Waals surface area contributed by atoms with Crippen LogP contribution in [0.2, 0.25) is 0 Å². The van der Waals surface area contributed by atoms with Crippen LogP contribution in [0.15, 0.2) is 36.8 Å². The minimum atomic E-state index is -0.576. The molecule has 0 spiro atoms. The van der Waals surface area contributed by atoms with Crippen molar-refractivity contribution >= 4 is 5.69 Å². The van der Waals surface area contributed by atoms with Crippen LogP contribution in [-0.2, 0) is 15.9 Å². The zero-order valence-electron chi connectivity index (χ0n) is 8.07. The molecule has 0 bridgehead atoms. The summed E-state index contributed by atoms with van der Waals surface area (Å²) in [5, 5.41) is 0. The minimum absolute atomic E-state index is 0.576. The third-order valence-corrected chi connectivity index (χ3v) is 2.17. The summed E-state index contributed by atoms with van der Waals surface area (Å²) in [5.41, 5.74) is 7.55. The van der Waals surface area contributed by atoms with Gasteiger partial charge in [0.25, 0.3) is 5.79 Å². The van der Waals surface area contributed by atoms with Gasteiger partial charge in [-0.25, -0.2) is 0 Å². The van der Waals surface area contributed by atoms with Crippen molar-refractivity contribution < 1.29 is 9.47 Å². The second-order valence-corrected chi connectivity index (χ2v) is 3.56. The molecule has 14 heavy (non-hydrogen) atoms. The van der Waals surface area contributed by atoms with Crippen molar-refractivity contribution in [2.75, 3.05) is 5.73 Å². The summed E-state index contributed by atoms with van der Waals surface area (Å²) in [7, 11) is 0. The molecular weight excluding hydrogens is 178 g/mol. The predicted molar refractivity (Wildman–Crippen MR) is 54.3 cm³/mol. The molecule has 74 valence electrons. The summed E-state index contributed by atoms with van der Waals surface area (Å²) in [4.78, 5) is 0. The third-order valence-electron chi connectivity index (χ3n) is 2.17. The molecule has 0 atom stereocenters. The van der Waals surface area contributed by atoms with Crippen LogP contribution >= 0.6 is 0 Å². The first-order valence-corrected chi connectivity index (χ1v) is 4.53. The highest BCUT2D eigenvalue weighted by atomic mass is 16.7. The monoisotopic (exact) mass is 191 g/mol. The Morgan fingerprint density at radius 2 is 2.00 bits per heavy atom. The average molecular weight is 191 g/mol. The molecule has 3 heteroatoms. The molecule has 0 radical (unpaired) electrons. The van der Waals surface area contributed by atoms with Crippen molar-refractivity contribution in [3.63, 3.8) is 0 Å². The summed E-state index contributed by atoms with van der Waals surface area (Å²) >= 11 is 0. The number of hydrogen-bond acceptors (Lipinski definition) is 3. The van der Waals surface area contributed by atoms with E-state index in [4.69, 9.17) is 15.2 Å². The second-order valence-electron chi connectivity index (χ2n) is 3.56. The highest BCUT2D eigenvalue weighted by molar-refractivity contribution is 5.40. The largest absolute Gasteiger partial charge is 0.457 e. The molecule has 1 heterocycles. The molecule has 0 fully saturated rings. The molecular formula is C11H13NO2. The van der Waals surface area contributed by atoms with E-state index in [2.05, 4.69) is 0 Å². The van der Waals surface area contributed by atoms with Gasteiger partial charge in [-0.05, 0) is 17.7 Å². The highest BCUT2D eigenvalue weighted by Gasteiger charge is 2.29. The van der Waals surface area contributed by atoms with Gasteiger partial charge in [0.05, 0.1) is 0 Å². The fraction of sp³-hybridized carbons (Fsp3) is 0.273. The second kappa shape index (κ2) is 3.25. The van der Waals surface area contributed by atoms with Gasteiger partial charge in [0, 0.05) is 19.0 Å². The Labute approximate surface area is 83.1 Å². The lowest BCUT2D eigenvalue weighted by molar-refractivity contribution is -0.124. The average Bonchev–Trinajstić information content (AvgIpc) is 2.51. The fourth-order valence-electron chi connectivity index (χ4n) is 1.53. The number of nitrogen functional groups attached to an aromatic ring is 1. The van der Waals surface area contributed by atoms with Crippen LogP contribution in [0.4, 0.5) is 5.69 Å². The van der Waals surface area contributed by atoms with E-state index in [1.165, 1.54) is 0 Å². The Morgan fingerprint density at radius 1 is 1.29 bits per heavy atom. The zero-order valence-corrected chi connectivity index (χ0v) is 8.07. The first-order valence-electron chi connectivity index (χ1n) is 4.53. The Hall–Kier alpha value is -1.64. The number of rotatable bonds is 2. The van der Waals surface area contributed by atoms with Gasteiger partial charge in [-0.1, -0.05) is 12.1 Å². The standard InChI is InChI=1S/C11H13NO2/c1-11(13-5-6-14-11)8-9-3-2-4-10(12)7-9/h2-7H,8,12H2,1H3. The summed E-state index contributed by atoms with van der Waals surface area (Å²) < 4.78 is 10.7. The van der Waals surface area contributed by atoms with Gasteiger partial charge in [0.1, 0.15) is 12.5 Å². The normalized spacial score (nSPS) is 17.5. The van der Waals surface area contributed by atoms with Crippen LogP contribution in [-0.4, -0.2) is 5.79 Å². The van der Waals surface area contributed by atoms with E-state index in [1.54, 1.807) is 12.5 Å². The summed E-state index contributed by atoms with van der Waals surface area (Å²) in [5.74, 6) is -0.576. The molecule has 0 aliphatic carbocycles. The Morgan fingerprint density at radius 3 is 2.64 bits per heavy atom. The number of ether oxygens (including phenoxy) is 2. The Bertz CT molecular complexity index is 352. The van der Waals surface area contributed by atoms with E-state index < -0.39 is 5.79 Å². The quantitative estimate of drug-likeness (QED) is 0.727. The number of hydrogen-bond donors (Lipinski definition) is 1. The predicted octanol–water partition coefficient (Wildman–Crippen LogP) is 2.05. The lowest BCUT2D eigenvalue weighted by atomic mass is 10.1. The van der Waals surface area contributed by atoms with Gasteiger partial charge in [-0.3, -0.25) is 0 Å². The molecule has 0 aromatic heterocycles. The van der Waals surface area contributed by atoms with Gasteiger partial charge in [-0.2, -0.15) is 0 Å². The summed E-state index contributed by atoms with van der Waals surface area (Å²) in [6, 6.07) is 7.72. The summed E-state index contributed by atoms with van der Waals surface area (Å²) in [6.07, 6.45) is 3.81. The van der Waals surface area contributed by atoms with Crippen molar-refractivity contribution in [1.29, 1.82) is 0 Å². The van der Waals surface area contributed by atoms with E-state index in [0.717, 1.165) is 11.3 Å². The molecule has 1 aliphatic rings. The van der Waals surface area contributed by atoms with Gasteiger partial charge in [0.15, 0.2) is 0 Å². The number of nitrogens with two attached hydrogens (primary N) is 1. The van der Waals surface area contributed by atoms with Crippen molar-refractivity contribution in [2.45, 2.75) is 19.1 Å². The molecule has 2 rings (SSSR count). The molecule has 1 aromatic carbocycles. The van der Waals surface area contributed by atoms with Crippen LogP contribution in [0, 0.1) is 0 Å². The molecule has 0 amide bonds. The Kier molecular flexibility index (Phi) is 2.08. The maximum absolute atomic E-state index is 5.68. The van der Waals surface area contributed by atoms with E-state index in [1.807, 2.05) is 31.2 Å². The van der Waals surface area contributed by atoms with Crippen LogP contribution < -0.4 is 5.73 Å².